The number of carbonyl (C=O) groups excluding carboxylic acids is 3. The first-order valence-corrected chi connectivity index (χ1v) is 13.9. The van der Waals surface area contributed by atoms with E-state index < -0.39 is 41.3 Å². The van der Waals surface area contributed by atoms with Gasteiger partial charge in [-0.3, -0.25) is 24.4 Å². The van der Waals surface area contributed by atoms with Crippen molar-refractivity contribution in [3.05, 3.63) is 125 Å². The maximum absolute atomic E-state index is 14.1. The van der Waals surface area contributed by atoms with Crippen LogP contribution in [-0.4, -0.2) is 45.7 Å². The van der Waals surface area contributed by atoms with E-state index in [1.54, 1.807) is 12.1 Å². The number of primary amides is 1. The highest BCUT2D eigenvalue weighted by atomic mass is 19.1. The molecule has 1 fully saturated rings. The summed E-state index contributed by atoms with van der Waals surface area (Å²) in [4.78, 5) is 42.3. The number of nitrogens with zero attached hydrogens (tertiary/aromatic N) is 3. The Morgan fingerprint density at radius 2 is 1.73 bits per heavy atom. The second-order valence-electron chi connectivity index (χ2n) is 10.4. The third kappa shape index (κ3) is 7.67. The van der Waals surface area contributed by atoms with E-state index in [2.05, 4.69) is 24.0 Å². The summed E-state index contributed by atoms with van der Waals surface area (Å²) in [6, 6.07) is 18.4. The van der Waals surface area contributed by atoms with E-state index in [1.807, 2.05) is 18.2 Å². The topological polar surface area (TPSA) is 123 Å². The van der Waals surface area contributed by atoms with Crippen molar-refractivity contribution in [2.75, 3.05) is 6.54 Å². The monoisotopic (exact) mass is 603 g/mol. The maximum Gasteiger partial charge on any atom is 0.259 e. The van der Waals surface area contributed by atoms with Crippen molar-refractivity contribution in [1.29, 1.82) is 0 Å². The van der Waals surface area contributed by atoms with Gasteiger partial charge >= 0.3 is 0 Å². The van der Waals surface area contributed by atoms with Crippen molar-refractivity contribution in [3.8, 4) is 11.1 Å². The van der Waals surface area contributed by atoms with Gasteiger partial charge in [0.05, 0.1) is 17.3 Å². The van der Waals surface area contributed by atoms with Crippen LogP contribution < -0.4 is 11.6 Å². The molecule has 2 unspecified atom stereocenters. The zero-order chi connectivity index (χ0) is 31.8. The van der Waals surface area contributed by atoms with E-state index in [0.29, 0.717) is 36.9 Å². The number of carbonyl (C=O) groups is 3. The Balaban J connectivity index is 0.000000555. The predicted octanol–water partition coefficient (Wildman–Crippen LogP) is 4.87. The van der Waals surface area contributed by atoms with Crippen LogP contribution in [0.5, 0.6) is 0 Å². The van der Waals surface area contributed by atoms with Gasteiger partial charge in [0.1, 0.15) is 23.5 Å². The first-order valence-electron chi connectivity index (χ1n) is 13.9. The minimum Gasteiger partial charge on any atom is -0.366 e. The smallest absolute Gasteiger partial charge is 0.259 e. The normalized spacial score (nSPS) is 14.8. The van der Waals surface area contributed by atoms with Gasteiger partial charge in [-0.1, -0.05) is 48.0 Å². The number of pyridine rings is 1. The van der Waals surface area contributed by atoms with E-state index in [1.165, 1.54) is 28.8 Å². The van der Waals surface area contributed by atoms with E-state index in [0.717, 1.165) is 29.3 Å². The molecule has 4 N–H and O–H groups in total. The zero-order valence-corrected chi connectivity index (χ0v) is 24.0. The van der Waals surface area contributed by atoms with Crippen molar-refractivity contribution in [2.45, 2.75) is 38.3 Å². The number of nitrogens with two attached hydrogens (primary N) is 2. The first kappa shape index (κ1) is 31.9. The summed E-state index contributed by atoms with van der Waals surface area (Å²) in [5.74, 6) is 2.38. The molecular formula is C33H32F3N5O3. The van der Waals surface area contributed by atoms with Crippen molar-refractivity contribution in [1.82, 2.24) is 14.9 Å². The van der Waals surface area contributed by atoms with Crippen LogP contribution in [0.2, 0.25) is 0 Å². The molecule has 4 aromatic rings. The number of benzene rings is 3. The summed E-state index contributed by atoms with van der Waals surface area (Å²) in [6.07, 6.45) is 2.92. The summed E-state index contributed by atoms with van der Waals surface area (Å²) >= 11 is 0. The molecule has 1 saturated heterocycles. The van der Waals surface area contributed by atoms with Gasteiger partial charge in [-0.25, -0.2) is 19.0 Å². The standard InChI is InChI=1S/C26H24F3N5O3.C7H8/c27-17-9-15(10-18(28)13-17)11-23(34(31)26(37)22-4-2-8-33(22)14-35)24-19(3-1-7-32-24)16-5-6-21(29)20(12-16)25(30)36;1-7-5-3-2-4-6-7/h1,3,5-7,9-10,12-14,22-23H,2,4,8,11,31H2,(H2,30,36);2-6H,1H3. The van der Waals surface area contributed by atoms with Gasteiger partial charge in [0, 0.05) is 30.8 Å². The van der Waals surface area contributed by atoms with Crippen LogP contribution in [0.3, 0.4) is 0 Å². The lowest BCUT2D eigenvalue weighted by Crippen LogP contribution is -2.50. The molecule has 1 aliphatic rings. The molecule has 3 aromatic carbocycles. The number of hydrogen-bond donors (Lipinski definition) is 2. The van der Waals surface area contributed by atoms with Crippen molar-refractivity contribution < 1.29 is 27.6 Å². The summed E-state index contributed by atoms with van der Waals surface area (Å²) in [5, 5.41) is 0.916. The largest absolute Gasteiger partial charge is 0.366 e. The number of likely N-dealkylation sites (tertiary alicyclic amines) is 1. The summed E-state index contributed by atoms with van der Waals surface area (Å²) in [6.45, 7) is 2.48. The molecule has 1 aliphatic heterocycles. The second-order valence-corrected chi connectivity index (χ2v) is 10.4. The third-order valence-electron chi connectivity index (χ3n) is 7.29. The quantitative estimate of drug-likeness (QED) is 0.129. The Labute approximate surface area is 253 Å². The van der Waals surface area contributed by atoms with Gasteiger partial charge in [-0.2, -0.15) is 0 Å². The van der Waals surface area contributed by atoms with E-state index in [4.69, 9.17) is 11.6 Å². The summed E-state index contributed by atoms with van der Waals surface area (Å²) < 4.78 is 42.1. The number of aryl methyl sites for hydroxylation is 1. The van der Waals surface area contributed by atoms with Gasteiger partial charge in [-0.05, 0) is 61.2 Å². The molecule has 0 aliphatic carbocycles. The van der Waals surface area contributed by atoms with Gasteiger partial charge < -0.3 is 10.6 Å². The van der Waals surface area contributed by atoms with Crippen molar-refractivity contribution >= 4 is 18.2 Å². The van der Waals surface area contributed by atoms with Gasteiger partial charge in [-0.15, -0.1) is 0 Å². The van der Waals surface area contributed by atoms with Crippen LogP contribution in [0.25, 0.3) is 11.1 Å². The van der Waals surface area contributed by atoms with Gasteiger partial charge in [0.15, 0.2) is 0 Å². The average molecular weight is 604 g/mol. The molecule has 3 amide bonds. The highest BCUT2D eigenvalue weighted by Crippen LogP contribution is 2.33. The predicted molar refractivity (Wildman–Crippen MR) is 159 cm³/mol. The average Bonchev–Trinajstić information content (AvgIpc) is 3.49. The molecule has 0 bridgehead atoms. The van der Waals surface area contributed by atoms with Crippen LogP contribution in [-0.2, 0) is 16.0 Å². The fraction of sp³-hybridized carbons (Fsp3) is 0.212. The number of hydrazine groups is 1. The van der Waals surface area contributed by atoms with Crippen LogP contribution in [0, 0.1) is 24.4 Å². The summed E-state index contributed by atoms with van der Waals surface area (Å²) in [5.41, 5.74) is 7.49. The van der Waals surface area contributed by atoms with Crippen LogP contribution in [0.1, 0.15) is 46.1 Å². The molecule has 11 heteroatoms. The Bertz CT molecular complexity index is 1620. The molecule has 228 valence electrons. The number of halogens is 3. The van der Waals surface area contributed by atoms with E-state index in [9.17, 15) is 27.6 Å². The second kappa shape index (κ2) is 14.4. The molecule has 5 rings (SSSR count). The lowest BCUT2D eigenvalue weighted by atomic mass is 9.93. The minimum absolute atomic E-state index is 0.126. The molecule has 1 aromatic heterocycles. The van der Waals surface area contributed by atoms with Gasteiger partial charge in [0.2, 0.25) is 6.41 Å². The maximum atomic E-state index is 14.1. The van der Waals surface area contributed by atoms with Crippen molar-refractivity contribution in [3.63, 3.8) is 0 Å². The summed E-state index contributed by atoms with van der Waals surface area (Å²) in [7, 11) is 0. The van der Waals surface area contributed by atoms with Crippen LogP contribution in [0.15, 0.2) is 85.1 Å². The lowest BCUT2D eigenvalue weighted by molar-refractivity contribution is -0.141. The van der Waals surface area contributed by atoms with E-state index in [-0.39, 0.29) is 23.2 Å². The molecule has 2 atom stereocenters. The highest BCUT2D eigenvalue weighted by Gasteiger charge is 2.36. The third-order valence-corrected chi connectivity index (χ3v) is 7.29. The number of hydrogen-bond acceptors (Lipinski definition) is 5. The van der Waals surface area contributed by atoms with Gasteiger partial charge in [0.25, 0.3) is 11.8 Å². The molecule has 0 saturated carbocycles. The molecule has 44 heavy (non-hydrogen) atoms. The Hall–Kier alpha value is -5.03. The number of rotatable bonds is 8. The first-order chi connectivity index (χ1) is 21.1. The number of amides is 3. The fourth-order valence-electron chi connectivity index (χ4n) is 5.13. The zero-order valence-electron chi connectivity index (χ0n) is 24.0. The van der Waals surface area contributed by atoms with Crippen molar-refractivity contribution in [2.24, 2.45) is 11.6 Å². The minimum atomic E-state index is -1.04. The Kier molecular flexibility index (Phi) is 10.5. The van der Waals surface area contributed by atoms with E-state index >= 15 is 0 Å². The van der Waals surface area contributed by atoms with Crippen LogP contribution in [0.4, 0.5) is 13.2 Å². The molecule has 0 spiro atoms. The highest BCUT2D eigenvalue weighted by molar-refractivity contribution is 5.94. The number of aromatic nitrogens is 1. The lowest BCUT2D eigenvalue weighted by Gasteiger charge is -2.32. The Morgan fingerprint density at radius 1 is 1.02 bits per heavy atom. The molecular weight excluding hydrogens is 571 g/mol. The fourth-order valence-corrected chi connectivity index (χ4v) is 5.13. The Morgan fingerprint density at radius 3 is 2.34 bits per heavy atom. The molecule has 2 heterocycles. The SMILES string of the molecule is Cc1ccccc1.NC(=O)c1cc(-c2cccnc2C(Cc2cc(F)cc(F)c2)N(N)C(=O)C2CCCN2C=O)ccc1F. The molecule has 0 radical (unpaired) electrons. The van der Waals surface area contributed by atoms with Crippen LogP contribution >= 0.6 is 0 Å². The molecule has 8 nitrogen and oxygen atoms in total.